The predicted octanol–water partition coefficient (Wildman–Crippen LogP) is 5.32. The number of piperidine rings is 1. The number of carbonyl (C=O) groups is 2. The van der Waals surface area contributed by atoms with Gasteiger partial charge in [0.1, 0.15) is 5.75 Å². The molecule has 2 heterocycles. The van der Waals surface area contributed by atoms with E-state index in [9.17, 15) is 9.59 Å². The molecular weight excluding hydrogens is 442 g/mol. The summed E-state index contributed by atoms with van der Waals surface area (Å²) in [5, 5.41) is 12.2. The maximum absolute atomic E-state index is 12.7. The lowest BCUT2D eigenvalue weighted by molar-refractivity contribution is 0.0696. The first kappa shape index (κ1) is 22.7. The molecule has 1 aromatic heterocycles. The Hall–Kier alpha value is -4.13. The molecule has 2 amide bonds. The van der Waals surface area contributed by atoms with Gasteiger partial charge in [-0.3, -0.25) is 0 Å². The summed E-state index contributed by atoms with van der Waals surface area (Å²) in [7, 11) is 0. The second-order valence-electron chi connectivity index (χ2n) is 8.96. The number of amides is 2. The highest BCUT2D eigenvalue weighted by Crippen LogP contribution is 2.40. The number of ether oxygens (including phenoxy) is 1. The van der Waals surface area contributed by atoms with Crippen molar-refractivity contribution in [2.75, 3.05) is 13.1 Å². The zero-order valence-corrected chi connectivity index (χ0v) is 19.3. The number of carboxylic acid groups (broad SMARTS) is 1. The number of aromatic carboxylic acids is 1. The Bertz CT molecular complexity index is 1230. The van der Waals surface area contributed by atoms with Gasteiger partial charge in [-0.15, -0.1) is 0 Å². The molecule has 7 heteroatoms. The summed E-state index contributed by atoms with van der Waals surface area (Å²) in [5.41, 5.74) is 3.72. The van der Waals surface area contributed by atoms with Crippen molar-refractivity contribution in [1.82, 2.24) is 15.2 Å². The second-order valence-corrected chi connectivity index (χ2v) is 8.96. The van der Waals surface area contributed by atoms with Crippen molar-refractivity contribution < 1.29 is 19.4 Å². The molecule has 2 atom stereocenters. The van der Waals surface area contributed by atoms with Gasteiger partial charge in [0, 0.05) is 37.3 Å². The number of rotatable bonds is 6. The van der Waals surface area contributed by atoms with Gasteiger partial charge in [-0.2, -0.15) is 0 Å². The Labute approximate surface area is 204 Å². The summed E-state index contributed by atoms with van der Waals surface area (Å²) in [5.74, 6) is 0.374. The van der Waals surface area contributed by atoms with E-state index >= 15 is 0 Å². The molecule has 0 radical (unpaired) electrons. The molecule has 1 saturated carbocycles. The van der Waals surface area contributed by atoms with Crippen LogP contribution in [0, 0.1) is 0 Å². The highest BCUT2D eigenvalue weighted by Gasteiger charge is 2.40. The number of benzene rings is 2. The Balaban J connectivity index is 1.13. The second kappa shape index (κ2) is 10.0. The van der Waals surface area contributed by atoms with Crippen molar-refractivity contribution in [3.8, 4) is 11.6 Å². The molecule has 2 N–H and O–H groups in total. The van der Waals surface area contributed by atoms with E-state index < -0.39 is 5.97 Å². The lowest BCUT2D eigenvalue weighted by atomic mass is 10.0. The average Bonchev–Trinajstić information content (AvgIpc) is 3.64. The fraction of sp³-hybridized carbons (Fsp3) is 0.250. The normalized spacial score (nSPS) is 19.1. The van der Waals surface area contributed by atoms with Crippen LogP contribution in [0.3, 0.4) is 0 Å². The number of carboxylic acids is 1. The summed E-state index contributed by atoms with van der Waals surface area (Å²) in [6, 6.07) is 21.3. The SMILES string of the molecule is O=C(O)c1ccc(Oc2cccc(C=C3CCN(C(=O)N[C@@H]4CC4c4ccccc4)CC3)c2)nc1. The van der Waals surface area contributed by atoms with Gasteiger partial charge in [-0.05, 0) is 48.6 Å². The standard InChI is InChI=1S/C28H27N3O4/c32-27(33)22-9-10-26(29-18-22)35-23-8-4-5-20(16-23)15-19-11-13-31(14-12-19)28(34)30-25-17-24(25)21-6-2-1-3-7-21/h1-10,15-16,18,24-25H,11-14,17H2,(H,30,34)(H,32,33)/t24?,25-/m1/s1. The van der Waals surface area contributed by atoms with Crippen molar-refractivity contribution in [2.45, 2.75) is 31.2 Å². The minimum atomic E-state index is -1.02. The first-order chi connectivity index (χ1) is 17.0. The van der Waals surface area contributed by atoms with E-state index in [-0.39, 0.29) is 17.6 Å². The molecular formula is C28H27N3O4. The molecule has 1 unspecified atom stereocenters. The summed E-state index contributed by atoms with van der Waals surface area (Å²) in [6.07, 6.45) is 6.10. The highest BCUT2D eigenvalue weighted by molar-refractivity contribution is 5.87. The van der Waals surface area contributed by atoms with Gasteiger partial charge in [-0.1, -0.05) is 54.1 Å². The summed E-state index contributed by atoms with van der Waals surface area (Å²) >= 11 is 0. The third kappa shape index (κ3) is 5.69. The maximum atomic E-state index is 12.7. The zero-order chi connectivity index (χ0) is 24.2. The predicted molar refractivity (Wildman–Crippen MR) is 133 cm³/mol. The van der Waals surface area contributed by atoms with E-state index in [0.717, 1.165) is 24.8 Å². The van der Waals surface area contributed by atoms with E-state index in [1.165, 1.54) is 23.4 Å². The molecule has 178 valence electrons. The molecule has 3 aromatic rings. The monoisotopic (exact) mass is 469 g/mol. The van der Waals surface area contributed by atoms with Crippen molar-refractivity contribution >= 4 is 18.1 Å². The molecule has 0 bridgehead atoms. The first-order valence-electron chi connectivity index (χ1n) is 11.8. The third-order valence-corrected chi connectivity index (χ3v) is 6.45. The van der Waals surface area contributed by atoms with Crippen LogP contribution in [0.1, 0.15) is 46.7 Å². The van der Waals surface area contributed by atoms with Crippen molar-refractivity contribution in [1.29, 1.82) is 0 Å². The molecule has 0 spiro atoms. The molecule has 1 aliphatic carbocycles. The Morgan fingerprint density at radius 3 is 2.54 bits per heavy atom. The first-order valence-corrected chi connectivity index (χ1v) is 11.8. The van der Waals surface area contributed by atoms with E-state index in [0.29, 0.717) is 30.6 Å². The Morgan fingerprint density at radius 2 is 1.83 bits per heavy atom. The summed E-state index contributed by atoms with van der Waals surface area (Å²) < 4.78 is 5.78. The van der Waals surface area contributed by atoms with Crippen LogP contribution >= 0.6 is 0 Å². The van der Waals surface area contributed by atoms with Crippen LogP contribution in [0.5, 0.6) is 11.6 Å². The van der Waals surface area contributed by atoms with Crippen molar-refractivity contribution in [3.63, 3.8) is 0 Å². The van der Waals surface area contributed by atoms with Gasteiger partial charge in [0.05, 0.1) is 5.56 Å². The number of aromatic nitrogens is 1. The largest absolute Gasteiger partial charge is 0.478 e. The van der Waals surface area contributed by atoms with Crippen LogP contribution in [0.25, 0.3) is 6.08 Å². The zero-order valence-electron chi connectivity index (χ0n) is 19.3. The number of pyridine rings is 1. The molecule has 2 aromatic carbocycles. The molecule has 7 nitrogen and oxygen atoms in total. The summed E-state index contributed by atoms with van der Waals surface area (Å²) in [6.45, 7) is 1.41. The lowest BCUT2D eigenvalue weighted by Gasteiger charge is -2.28. The Morgan fingerprint density at radius 1 is 1.03 bits per heavy atom. The van der Waals surface area contributed by atoms with Crippen LogP contribution in [0.15, 0.2) is 78.5 Å². The highest BCUT2D eigenvalue weighted by atomic mass is 16.5. The molecule has 2 fully saturated rings. The number of hydrogen-bond donors (Lipinski definition) is 2. The van der Waals surface area contributed by atoms with Gasteiger partial charge < -0.3 is 20.1 Å². The van der Waals surface area contributed by atoms with Gasteiger partial charge in [0.2, 0.25) is 5.88 Å². The van der Waals surface area contributed by atoms with E-state index in [2.05, 4.69) is 28.5 Å². The smallest absolute Gasteiger partial charge is 0.337 e. The number of urea groups is 1. The maximum Gasteiger partial charge on any atom is 0.337 e. The molecule has 35 heavy (non-hydrogen) atoms. The topological polar surface area (TPSA) is 91.8 Å². The minimum absolute atomic E-state index is 0.0318. The van der Waals surface area contributed by atoms with Gasteiger partial charge in [0.25, 0.3) is 0 Å². The fourth-order valence-electron chi connectivity index (χ4n) is 4.41. The fourth-order valence-corrected chi connectivity index (χ4v) is 4.41. The number of likely N-dealkylation sites (tertiary alicyclic amines) is 1. The number of nitrogens with zero attached hydrogens (tertiary/aromatic N) is 2. The minimum Gasteiger partial charge on any atom is -0.478 e. The Kier molecular flexibility index (Phi) is 6.48. The molecule has 1 saturated heterocycles. The summed E-state index contributed by atoms with van der Waals surface area (Å²) in [4.78, 5) is 29.6. The van der Waals surface area contributed by atoms with Crippen LogP contribution in [0.4, 0.5) is 4.79 Å². The van der Waals surface area contributed by atoms with Gasteiger partial charge >= 0.3 is 12.0 Å². The van der Waals surface area contributed by atoms with E-state index in [1.54, 1.807) is 6.07 Å². The number of hydrogen-bond acceptors (Lipinski definition) is 4. The van der Waals surface area contributed by atoms with Crippen molar-refractivity contribution in [3.05, 3.63) is 95.2 Å². The van der Waals surface area contributed by atoms with Crippen LogP contribution < -0.4 is 10.1 Å². The molecule has 2 aliphatic rings. The van der Waals surface area contributed by atoms with E-state index in [4.69, 9.17) is 9.84 Å². The lowest BCUT2D eigenvalue weighted by Crippen LogP contribution is -2.44. The van der Waals surface area contributed by atoms with Gasteiger partial charge in [0.15, 0.2) is 0 Å². The van der Waals surface area contributed by atoms with Crippen molar-refractivity contribution in [2.24, 2.45) is 0 Å². The molecule has 5 rings (SSSR count). The average molecular weight is 470 g/mol. The third-order valence-electron chi connectivity index (χ3n) is 6.45. The van der Waals surface area contributed by atoms with E-state index in [1.807, 2.05) is 47.4 Å². The van der Waals surface area contributed by atoms with Crippen LogP contribution in [-0.4, -0.2) is 46.1 Å². The number of carbonyl (C=O) groups excluding carboxylic acids is 1. The molecule has 1 aliphatic heterocycles. The quantitative estimate of drug-likeness (QED) is 0.510. The number of nitrogens with one attached hydrogen (secondary N) is 1. The van der Waals surface area contributed by atoms with Crippen LogP contribution in [0.2, 0.25) is 0 Å². The van der Waals surface area contributed by atoms with Crippen LogP contribution in [-0.2, 0) is 0 Å². The van der Waals surface area contributed by atoms with Gasteiger partial charge in [-0.25, -0.2) is 14.6 Å².